The van der Waals surface area contributed by atoms with Gasteiger partial charge in [0.15, 0.2) is 6.20 Å². The first kappa shape index (κ1) is 24.1. The number of nitrogens with zero attached hydrogens (tertiary/aromatic N) is 2. The fraction of sp³-hybridized carbons (Fsp3) is 0.212. The SMILES string of the molecule is Cc1c(-c2c3ccc([Si](C)(C)c4ccccn4)cc3cc[n+]2C)cc(-c2ccccc2)cc1C(C)C. The lowest BCUT2D eigenvalue weighted by atomic mass is 9.87. The molecule has 5 rings (SSSR count). The first-order valence-corrected chi connectivity index (χ1v) is 15.8. The van der Waals surface area contributed by atoms with Crippen LogP contribution in [0.2, 0.25) is 13.1 Å². The van der Waals surface area contributed by atoms with Crippen LogP contribution in [0, 0.1) is 6.92 Å². The van der Waals surface area contributed by atoms with Crippen LogP contribution >= 0.6 is 0 Å². The molecule has 36 heavy (non-hydrogen) atoms. The van der Waals surface area contributed by atoms with Crippen molar-refractivity contribution in [2.24, 2.45) is 7.05 Å². The molecule has 0 aliphatic heterocycles. The molecule has 180 valence electrons. The average molecular weight is 488 g/mol. The van der Waals surface area contributed by atoms with Gasteiger partial charge in [-0.15, -0.1) is 0 Å². The standard InChI is InChI=1S/C33H35N2Si/c1-23(2)30-21-27(25-12-8-7-9-13-25)22-31(24(30)3)33-29-16-15-28(20-26(29)17-19-35(33)4)36(5,6)32-14-10-11-18-34-32/h7-23H,1-6H3/q+1. The summed E-state index contributed by atoms with van der Waals surface area (Å²) in [5, 5.41) is 5.20. The Bertz CT molecular complexity index is 1540. The van der Waals surface area contributed by atoms with Crippen LogP contribution in [-0.4, -0.2) is 13.1 Å². The highest BCUT2D eigenvalue weighted by Gasteiger charge is 2.29. The number of hydrogen-bond donors (Lipinski definition) is 0. The highest BCUT2D eigenvalue weighted by molar-refractivity contribution is 7.00. The zero-order valence-electron chi connectivity index (χ0n) is 22.2. The fourth-order valence-electron chi connectivity index (χ4n) is 5.36. The smallest absolute Gasteiger partial charge is 0.220 e. The summed E-state index contributed by atoms with van der Waals surface area (Å²) in [4.78, 5) is 4.72. The summed E-state index contributed by atoms with van der Waals surface area (Å²) >= 11 is 0. The zero-order chi connectivity index (χ0) is 25.4. The first-order valence-electron chi connectivity index (χ1n) is 12.8. The number of aromatic nitrogens is 2. The predicted octanol–water partition coefficient (Wildman–Crippen LogP) is 6.65. The van der Waals surface area contributed by atoms with Crippen molar-refractivity contribution >= 4 is 29.4 Å². The zero-order valence-corrected chi connectivity index (χ0v) is 23.2. The van der Waals surface area contributed by atoms with E-state index in [4.69, 9.17) is 4.98 Å². The Balaban J connectivity index is 1.73. The number of rotatable bonds is 5. The number of benzene rings is 3. The molecule has 0 N–H and O–H groups in total. The Labute approximate surface area is 216 Å². The summed E-state index contributed by atoms with van der Waals surface area (Å²) in [6.07, 6.45) is 4.12. The van der Waals surface area contributed by atoms with E-state index in [-0.39, 0.29) is 0 Å². The van der Waals surface area contributed by atoms with E-state index in [1.54, 1.807) is 0 Å². The van der Waals surface area contributed by atoms with Gasteiger partial charge in [-0.25, -0.2) is 4.57 Å². The number of pyridine rings is 2. The molecule has 0 amide bonds. The Morgan fingerprint density at radius 3 is 2.25 bits per heavy atom. The van der Waals surface area contributed by atoms with E-state index in [9.17, 15) is 0 Å². The second kappa shape index (κ2) is 9.48. The Morgan fingerprint density at radius 2 is 1.56 bits per heavy atom. The minimum atomic E-state index is -1.89. The van der Waals surface area contributed by atoms with Gasteiger partial charge in [-0.05, 0) is 64.7 Å². The maximum absolute atomic E-state index is 4.72. The van der Waals surface area contributed by atoms with E-state index in [0.29, 0.717) is 5.92 Å². The minimum absolute atomic E-state index is 0.449. The lowest BCUT2D eigenvalue weighted by Gasteiger charge is -2.23. The topological polar surface area (TPSA) is 16.8 Å². The van der Waals surface area contributed by atoms with Gasteiger partial charge in [0.05, 0.1) is 10.9 Å². The van der Waals surface area contributed by atoms with Crippen LogP contribution < -0.4 is 15.1 Å². The molecule has 0 unspecified atom stereocenters. The van der Waals surface area contributed by atoms with Crippen molar-refractivity contribution in [3.05, 3.63) is 108 Å². The van der Waals surface area contributed by atoms with Crippen LogP contribution in [0.5, 0.6) is 0 Å². The van der Waals surface area contributed by atoms with Crippen LogP contribution in [0.25, 0.3) is 33.2 Å². The van der Waals surface area contributed by atoms with E-state index in [2.05, 4.69) is 131 Å². The van der Waals surface area contributed by atoms with Crippen molar-refractivity contribution in [1.82, 2.24) is 4.98 Å². The van der Waals surface area contributed by atoms with Crippen LogP contribution in [0.4, 0.5) is 0 Å². The lowest BCUT2D eigenvalue weighted by Crippen LogP contribution is -2.54. The third-order valence-electron chi connectivity index (χ3n) is 7.60. The van der Waals surface area contributed by atoms with Crippen molar-refractivity contribution in [2.45, 2.75) is 39.8 Å². The monoisotopic (exact) mass is 487 g/mol. The minimum Gasteiger partial charge on any atom is -0.266 e. The molecule has 0 atom stereocenters. The average Bonchev–Trinajstić information content (AvgIpc) is 2.89. The number of hydrogen-bond acceptors (Lipinski definition) is 1. The predicted molar refractivity (Wildman–Crippen MR) is 156 cm³/mol. The largest absolute Gasteiger partial charge is 0.266 e. The van der Waals surface area contributed by atoms with E-state index in [0.717, 1.165) is 0 Å². The second-order valence-electron chi connectivity index (χ2n) is 10.7. The van der Waals surface area contributed by atoms with Crippen molar-refractivity contribution in [3.8, 4) is 22.4 Å². The summed E-state index contributed by atoms with van der Waals surface area (Å²) in [7, 11) is 0.277. The van der Waals surface area contributed by atoms with Crippen LogP contribution in [0.15, 0.2) is 97.3 Å². The molecule has 0 saturated carbocycles. The highest BCUT2D eigenvalue weighted by atomic mass is 28.3. The van der Waals surface area contributed by atoms with Crippen LogP contribution in [-0.2, 0) is 7.05 Å². The van der Waals surface area contributed by atoms with Gasteiger partial charge in [0.2, 0.25) is 5.69 Å². The maximum atomic E-state index is 4.72. The van der Waals surface area contributed by atoms with Crippen LogP contribution in [0.3, 0.4) is 0 Å². The molecule has 0 aliphatic carbocycles. The summed E-state index contributed by atoms with van der Waals surface area (Å²) in [5.74, 6) is 0.449. The Kier molecular flexibility index (Phi) is 6.36. The molecule has 5 aromatic rings. The van der Waals surface area contributed by atoms with Crippen LogP contribution in [0.1, 0.15) is 30.9 Å². The van der Waals surface area contributed by atoms with E-state index in [1.807, 2.05) is 12.3 Å². The molecular weight excluding hydrogens is 452 g/mol. The molecule has 3 aromatic carbocycles. The van der Waals surface area contributed by atoms with E-state index in [1.165, 1.54) is 54.8 Å². The van der Waals surface area contributed by atoms with Crippen molar-refractivity contribution in [3.63, 3.8) is 0 Å². The third-order valence-corrected chi connectivity index (χ3v) is 10.9. The molecule has 2 heterocycles. The van der Waals surface area contributed by atoms with Gasteiger partial charge in [0.25, 0.3) is 0 Å². The quantitative estimate of drug-likeness (QED) is 0.200. The van der Waals surface area contributed by atoms with Crippen molar-refractivity contribution < 1.29 is 4.57 Å². The molecule has 3 heteroatoms. The molecule has 0 bridgehead atoms. The van der Waals surface area contributed by atoms with Gasteiger partial charge < -0.3 is 0 Å². The van der Waals surface area contributed by atoms with Gasteiger partial charge >= 0.3 is 0 Å². The van der Waals surface area contributed by atoms with Crippen molar-refractivity contribution in [1.29, 1.82) is 0 Å². The number of aryl methyl sites for hydroxylation is 1. The van der Waals surface area contributed by atoms with Gasteiger partial charge in [-0.2, -0.15) is 0 Å². The molecule has 0 radical (unpaired) electrons. The summed E-state index contributed by atoms with van der Waals surface area (Å²) < 4.78 is 2.28. The fourth-order valence-corrected chi connectivity index (χ4v) is 7.58. The Morgan fingerprint density at radius 1 is 0.806 bits per heavy atom. The van der Waals surface area contributed by atoms with Crippen molar-refractivity contribution in [2.75, 3.05) is 0 Å². The van der Waals surface area contributed by atoms with E-state index < -0.39 is 8.07 Å². The molecule has 2 aromatic heterocycles. The Hall–Kier alpha value is -3.56. The summed E-state index contributed by atoms with van der Waals surface area (Å²) in [5.41, 5.74) is 7.88. The van der Waals surface area contributed by atoms with Gasteiger partial charge in [0, 0.05) is 17.6 Å². The number of fused-ring (bicyclic) bond motifs is 1. The normalized spacial score (nSPS) is 11.9. The van der Waals surface area contributed by atoms with Gasteiger partial charge in [-0.3, -0.25) is 4.98 Å². The maximum Gasteiger partial charge on any atom is 0.220 e. The molecule has 0 saturated heterocycles. The van der Waals surface area contributed by atoms with Gasteiger partial charge in [0.1, 0.15) is 15.1 Å². The summed E-state index contributed by atoms with van der Waals surface area (Å²) in [6, 6.07) is 31.1. The highest BCUT2D eigenvalue weighted by Crippen LogP contribution is 2.36. The summed E-state index contributed by atoms with van der Waals surface area (Å²) in [6.45, 7) is 11.6. The lowest BCUT2D eigenvalue weighted by molar-refractivity contribution is -0.659. The molecule has 0 aliphatic rings. The third kappa shape index (κ3) is 4.29. The first-order chi connectivity index (χ1) is 17.3. The molecule has 0 spiro atoms. The van der Waals surface area contributed by atoms with Gasteiger partial charge in [-0.1, -0.05) is 86.7 Å². The van der Waals surface area contributed by atoms with E-state index >= 15 is 0 Å². The molecule has 0 fully saturated rings. The second-order valence-corrected chi connectivity index (χ2v) is 15.0. The molecular formula is C33H35N2Si+. The molecule has 2 nitrogen and oxygen atoms in total.